The first kappa shape index (κ1) is 33.0. The molecule has 4 rings (SSSR count). The standard InChI is InChI=1S/C35H41N3O7/c1-35(2,3)45-34(42)38-30(32(40)37-21-31(39)43-22-24-13-5-4-6-14-24)19-11-12-20-36-33(41)44-23-29-27-17-9-7-15-25(27)26-16-8-10-18-28(26)29/h4-10,13-18,29-30H,11-12,19-23H2,1-3H3,(H,36,41)(H,37,40)(H,38,42). The van der Waals surface area contributed by atoms with Gasteiger partial charge in [0.15, 0.2) is 0 Å². The van der Waals surface area contributed by atoms with E-state index in [-0.39, 0.29) is 32.1 Å². The van der Waals surface area contributed by atoms with E-state index in [4.69, 9.17) is 14.2 Å². The van der Waals surface area contributed by atoms with Gasteiger partial charge < -0.3 is 30.2 Å². The lowest BCUT2D eigenvalue weighted by Crippen LogP contribution is -2.49. The van der Waals surface area contributed by atoms with Crippen LogP contribution in [0.1, 0.15) is 62.6 Å². The van der Waals surface area contributed by atoms with Gasteiger partial charge in [0.05, 0.1) is 0 Å². The number of ether oxygens (including phenoxy) is 3. The van der Waals surface area contributed by atoms with Gasteiger partial charge in [0, 0.05) is 12.5 Å². The van der Waals surface area contributed by atoms with Crippen LogP contribution in [0.25, 0.3) is 11.1 Å². The second-order valence-electron chi connectivity index (χ2n) is 11.8. The monoisotopic (exact) mass is 615 g/mol. The second kappa shape index (κ2) is 15.7. The minimum absolute atomic E-state index is 0.0306. The summed E-state index contributed by atoms with van der Waals surface area (Å²) in [5, 5.41) is 7.88. The molecule has 0 aliphatic heterocycles. The van der Waals surface area contributed by atoms with Gasteiger partial charge in [0.1, 0.15) is 31.4 Å². The average molecular weight is 616 g/mol. The lowest BCUT2D eigenvalue weighted by Gasteiger charge is -2.23. The molecule has 3 amide bonds. The largest absolute Gasteiger partial charge is 0.460 e. The fraction of sp³-hybridized carbons (Fsp3) is 0.371. The Hall–Kier alpha value is -4.86. The Labute approximate surface area is 263 Å². The summed E-state index contributed by atoms with van der Waals surface area (Å²) in [4.78, 5) is 50.0. The second-order valence-corrected chi connectivity index (χ2v) is 11.8. The van der Waals surface area contributed by atoms with E-state index in [1.54, 1.807) is 20.8 Å². The van der Waals surface area contributed by atoms with Crippen molar-refractivity contribution < 1.29 is 33.4 Å². The molecule has 3 aromatic rings. The minimum atomic E-state index is -0.948. The van der Waals surface area contributed by atoms with Crippen LogP contribution in [-0.4, -0.2) is 55.4 Å². The van der Waals surface area contributed by atoms with Crippen molar-refractivity contribution in [2.45, 2.75) is 64.2 Å². The predicted octanol–water partition coefficient (Wildman–Crippen LogP) is 5.45. The fourth-order valence-corrected chi connectivity index (χ4v) is 5.10. The third-order valence-electron chi connectivity index (χ3n) is 7.19. The molecule has 10 nitrogen and oxygen atoms in total. The Morgan fingerprint density at radius 3 is 2.02 bits per heavy atom. The molecule has 3 aromatic carbocycles. The van der Waals surface area contributed by atoms with Crippen LogP contribution in [0.3, 0.4) is 0 Å². The Bertz CT molecular complexity index is 1420. The van der Waals surface area contributed by atoms with Crippen molar-refractivity contribution in [3.63, 3.8) is 0 Å². The van der Waals surface area contributed by atoms with Gasteiger partial charge >= 0.3 is 18.2 Å². The third kappa shape index (κ3) is 10.1. The van der Waals surface area contributed by atoms with Crippen LogP contribution in [0, 0.1) is 0 Å². The zero-order valence-corrected chi connectivity index (χ0v) is 26.0. The van der Waals surface area contributed by atoms with E-state index in [1.807, 2.05) is 54.6 Å². The summed E-state index contributed by atoms with van der Waals surface area (Å²) in [7, 11) is 0. The van der Waals surface area contributed by atoms with Gasteiger partial charge in [-0.2, -0.15) is 0 Å². The summed E-state index contributed by atoms with van der Waals surface area (Å²) in [6.07, 6.45) is 0.0217. The average Bonchev–Trinajstić information content (AvgIpc) is 3.34. The number of rotatable bonds is 13. The first-order valence-corrected chi connectivity index (χ1v) is 15.2. The molecule has 1 unspecified atom stereocenters. The summed E-state index contributed by atoms with van der Waals surface area (Å²) in [6, 6.07) is 24.5. The topological polar surface area (TPSA) is 132 Å². The highest BCUT2D eigenvalue weighted by Crippen LogP contribution is 2.44. The molecule has 0 bridgehead atoms. The van der Waals surface area contributed by atoms with Gasteiger partial charge in [-0.05, 0) is 67.9 Å². The maximum atomic E-state index is 12.9. The van der Waals surface area contributed by atoms with Gasteiger partial charge in [-0.25, -0.2) is 9.59 Å². The highest BCUT2D eigenvalue weighted by atomic mass is 16.6. The maximum absolute atomic E-state index is 12.9. The molecule has 1 aliphatic rings. The van der Waals surface area contributed by atoms with Crippen LogP contribution in [0.4, 0.5) is 9.59 Å². The molecule has 45 heavy (non-hydrogen) atoms. The number of hydrogen-bond donors (Lipinski definition) is 3. The summed E-state index contributed by atoms with van der Waals surface area (Å²) in [6.45, 7) is 5.45. The quantitative estimate of drug-likeness (QED) is 0.132. The number of benzene rings is 3. The Morgan fingerprint density at radius 1 is 0.756 bits per heavy atom. The van der Waals surface area contributed by atoms with E-state index >= 15 is 0 Å². The van der Waals surface area contributed by atoms with E-state index in [0.29, 0.717) is 19.4 Å². The maximum Gasteiger partial charge on any atom is 0.408 e. The Morgan fingerprint density at radius 2 is 1.38 bits per heavy atom. The SMILES string of the molecule is CC(C)(C)OC(=O)NC(CCCCNC(=O)OCC1c2ccccc2-c2ccccc21)C(=O)NCC(=O)OCc1ccccc1. The molecule has 238 valence electrons. The van der Waals surface area contributed by atoms with Crippen LogP contribution < -0.4 is 16.0 Å². The molecule has 0 saturated heterocycles. The minimum Gasteiger partial charge on any atom is -0.460 e. The lowest BCUT2D eigenvalue weighted by molar-refractivity contribution is -0.145. The first-order chi connectivity index (χ1) is 21.6. The predicted molar refractivity (Wildman–Crippen MR) is 169 cm³/mol. The molecule has 0 heterocycles. The van der Waals surface area contributed by atoms with E-state index < -0.39 is 35.7 Å². The molecule has 3 N–H and O–H groups in total. The van der Waals surface area contributed by atoms with E-state index in [1.165, 1.54) is 0 Å². The molecular formula is C35H41N3O7. The van der Waals surface area contributed by atoms with Gasteiger partial charge in [0.2, 0.25) is 5.91 Å². The van der Waals surface area contributed by atoms with Crippen LogP contribution in [0.2, 0.25) is 0 Å². The lowest BCUT2D eigenvalue weighted by atomic mass is 9.98. The summed E-state index contributed by atoms with van der Waals surface area (Å²) in [5.74, 6) is -1.17. The molecule has 0 radical (unpaired) electrons. The number of unbranched alkanes of at least 4 members (excludes halogenated alkanes) is 1. The van der Waals surface area contributed by atoms with Crippen molar-refractivity contribution >= 4 is 24.1 Å². The van der Waals surface area contributed by atoms with Gasteiger partial charge in [-0.1, -0.05) is 78.9 Å². The van der Waals surface area contributed by atoms with Gasteiger partial charge in [-0.3, -0.25) is 9.59 Å². The molecule has 0 aromatic heterocycles. The summed E-state index contributed by atoms with van der Waals surface area (Å²) in [5.41, 5.74) is 4.66. The van der Waals surface area contributed by atoms with Crippen molar-refractivity contribution in [1.82, 2.24) is 16.0 Å². The first-order valence-electron chi connectivity index (χ1n) is 15.2. The number of alkyl carbamates (subject to hydrolysis) is 2. The fourth-order valence-electron chi connectivity index (χ4n) is 5.10. The number of carbonyl (C=O) groups is 4. The molecular weight excluding hydrogens is 574 g/mol. The molecule has 10 heteroatoms. The smallest absolute Gasteiger partial charge is 0.408 e. The number of esters is 1. The van der Waals surface area contributed by atoms with Crippen LogP contribution >= 0.6 is 0 Å². The van der Waals surface area contributed by atoms with Crippen molar-refractivity contribution in [2.24, 2.45) is 0 Å². The van der Waals surface area contributed by atoms with Crippen molar-refractivity contribution in [3.05, 3.63) is 95.6 Å². The normalized spacial score (nSPS) is 12.7. The van der Waals surface area contributed by atoms with E-state index in [9.17, 15) is 19.2 Å². The third-order valence-corrected chi connectivity index (χ3v) is 7.19. The van der Waals surface area contributed by atoms with Crippen LogP contribution in [0.15, 0.2) is 78.9 Å². The highest BCUT2D eigenvalue weighted by Gasteiger charge is 2.29. The molecule has 0 fully saturated rings. The zero-order valence-electron chi connectivity index (χ0n) is 26.0. The van der Waals surface area contributed by atoms with Crippen LogP contribution in [-0.2, 0) is 30.4 Å². The van der Waals surface area contributed by atoms with Gasteiger partial charge in [-0.15, -0.1) is 0 Å². The molecule has 1 aliphatic carbocycles. The van der Waals surface area contributed by atoms with Crippen molar-refractivity contribution in [3.8, 4) is 11.1 Å². The number of hydrogen-bond acceptors (Lipinski definition) is 7. The van der Waals surface area contributed by atoms with E-state index in [2.05, 4.69) is 40.2 Å². The molecule has 0 spiro atoms. The van der Waals surface area contributed by atoms with Crippen molar-refractivity contribution in [1.29, 1.82) is 0 Å². The number of fused-ring (bicyclic) bond motifs is 3. The Balaban J connectivity index is 1.20. The number of amides is 3. The molecule has 1 atom stereocenters. The summed E-state index contributed by atoms with van der Waals surface area (Å²) >= 11 is 0. The molecule has 0 saturated carbocycles. The summed E-state index contributed by atoms with van der Waals surface area (Å²) < 4.78 is 16.1. The Kier molecular flexibility index (Phi) is 11.6. The van der Waals surface area contributed by atoms with E-state index in [0.717, 1.165) is 27.8 Å². The number of nitrogens with one attached hydrogen (secondary N) is 3. The number of carbonyl (C=O) groups excluding carboxylic acids is 4. The zero-order chi connectivity index (χ0) is 32.2. The van der Waals surface area contributed by atoms with Crippen molar-refractivity contribution in [2.75, 3.05) is 19.7 Å². The van der Waals surface area contributed by atoms with Crippen LogP contribution in [0.5, 0.6) is 0 Å². The highest BCUT2D eigenvalue weighted by molar-refractivity contribution is 5.88. The van der Waals surface area contributed by atoms with Gasteiger partial charge in [0.25, 0.3) is 0 Å².